The average Bonchev–Trinajstić information content (AvgIpc) is 3.33. The number of piperidine rings is 1. The van der Waals surface area contributed by atoms with Crippen LogP contribution in [-0.2, 0) is 4.74 Å². The third-order valence-electron chi connectivity index (χ3n) is 6.41. The van der Waals surface area contributed by atoms with E-state index in [1.54, 1.807) is 0 Å². The first kappa shape index (κ1) is 18.1. The van der Waals surface area contributed by atoms with Gasteiger partial charge in [-0.3, -0.25) is 9.69 Å². The zero-order chi connectivity index (χ0) is 18.3. The molecule has 0 bridgehead atoms. The predicted molar refractivity (Wildman–Crippen MR) is 100 cm³/mol. The number of ether oxygens (including phenoxy) is 1. The lowest BCUT2D eigenvalue weighted by Crippen LogP contribution is -2.73. The summed E-state index contributed by atoms with van der Waals surface area (Å²) in [4.78, 5) is 17.6. The SMILES string of the molecule is CCOC[C@H]1CCN(CC2CC2)C2(C1)CN(C(=O)c1cc(C)oc1C)C2. The van der Waals surface area contributed by atoms with E-state index in [0.29, 0.717) is 5.92 Å². The molecule has 1 aromatic heterocycles. The number of hydrogen-bond donors (Lipinski definition) is 0. The van der Waals surface area contributed by atoms with Crippen LogP contribution in [0.5, 0.6) is 0 Å². The molecule has 1 aliphatic carbocycles. The number of nitrogens with zero attached hydrogens (tertiary/aromatic N) is 2. The van der Waals surface area contributed by atoms with Crippen molar-refractivity contribution in [2.45, 2.75) is 52.0 Å². The molecule has 2 aliphatic heterocycles. The minimum absolute atomic E-state index is 0.128. The van der Waals surface area contributed by atoms with Gasteiger partial charge >= 0.3 is 0 Å². The molecule has 1 spiro atoms. The zero-order valence-corrected chi connectivity index (χ0v) is 16.4. The monoisotopic (exact) mass is 360 g/mol. The number of aryl methyl sites for hydroxylation is 2. The topological polar surface area (TPSA) is 45.9 Å². The largest absolute Gasteiger partial charge is 0.466 e. The van der Waals surface area contributed by atoms with Crippen LogP contribution in [0.25, 0.3) is 0 Å². The highest BCUT2D eigenvalue weighted by Gasteiger charge is 2.53. The van der Waals surface area contributed by atoms with E-state index in [-0.39, 0.29) is 11.4 Å². The van der Waals surface area contributed by atoms with Gasteiger partial charge in [0, 0.05) is 32.8 Å². The van der Waals surface area contributed by atoms with E-state index in [1.807, 2.05) is 24.8 Å². The van der Waals surface area contributed by atoms with E-state index in [2.05, 4.69) is 11.8 Å². The van der Waals surface area contributed by atoms with E-state index in [9.17, 15) is 4.79 Å². The summed E-state index contributed by atoms with van der Waals surface area (Å²) < 4.78 is 11.3. The van der Waals surface area contributed by atoms with Crippen LogP contribution in [0.4, 0.5) is 0 Å². The molecule has 5 heteroatoms. The molecule has 0 radical (unpaired) electrons. The number of amides is 1. The Morgan fingerprint density at radius 3 is 2.65 bits per heavy atom. The summed E-state index contributed by atoms with van der Waals surface area (Å²) in [5, 5.41) is 0. The maximum atomic E-state index is 12.9. The van der Waals surface area contributed by atoms with Crippen LogP contribution in [0.3, 0.4) is 0 Å². The number of carbonyl (C=O) groups is 1. The number of furan rings is 1. The molecule has 3 fully saturated rings. The lowest BCUT2D eigenvalue weighted by atomic mass is 9.74. The number of carbonyl (C=O) groups excluding carboxylic acids is 1. The van der Waals surface area contributed by atoms with Crippen molar-refractivity contribution in [3.05, 3.63) is 23.2 Å². The molecule has 1 atom stereocenters. The first-order valence-corrected chi connectivity index (χ1v) is 10.2. The molecule has 0 N–H and O–H groups in total. The Labute approximate surface area is 156 Å². The van der Waals surface area contributed by atoms with Crippen molar-refractivity contribution in [1.29, 1.82) is 0 Å². The van der Waals surface area contributed by atoms with Gasteiger partial charge in [-0.15, -0.1) is 0 Å². The predicted octanol–water partition coefficient (Wildman–Crippen LogP) is 3.25. The van der Waals surface area contributed by atoms with Crippen LogP contribution in [-0.4, -0.2) is 60.6 Å². The van der Waals surface area contributed by atoms with Crippen molar-refractivity contribution >= 4 is 5.91 Å². The maximum absolute atomic E-state index is 12.9. The Morgan fingerprint density at radius 1 is 1.27 bits per heavy atom. The molecule has 144 valence electrons. The van der Waals surface area contributed by atoms with Gasteiger partial charge in [-0.1, -0.05) is 0 Å². The second-order valence-corrected chi connectivity index (χ2v) is 8.62. The Kier molecular flexibility index (Phi) is 4.86. The molecule has 0 unspecified atom stereocenters. The van der Waals surface area contributed by atoms with Gasteiger partial charge in [0.2, 0.25) is 0 Å². The van der Waals surface area contributed by atoms with Gasteiger partial charge in [0.25, 0.3) is 5.91 Å². The zero-order valence-electron chi connectivity index (χ0n) is 16.4. The highest BCUT2D eigenvalue weighted by Crippen LogP contribution is 2.42. The Hall–Kier alpha value is -1.33. The van der Waals surface area contributed by atoms with E-state index in [0.717, 1.165) is 62.3 Å². The fraction of sp³-hybridized carbons (Fsp3) is 0.762. The summed E-state index contributed by atoms with van der Waals surface area (Å²) in [7, 11) is 0. The van der Waals surface area contributed by atoms with Crippen LogP contribution < -0.4 is 0 Å². The van der Waals surface area contributed by atoms with Crippen LogP contribution in [0, 0.1) is 25.7 Å². The van der Waals surface area contributed by atoms with Crippen molar-refractivity contribution in [3.63, 3.8) is 0 Å². The molecule has 2 saturated heterocycles. The van der Waals surface area contributed by atoms with E-state index < -0.39 is 0 Å². The van der Waals surface area contributed by atoms with Crippen LogP contribution in [0.2, 0.25) is 0 Å². The maximum Gasteiger partial charge on any atom is 0.257 e. The number of likely N-dealkylation sites (tertiary alicyclic amines) is 2. The van der Waals surface area contributed by atoms with Crippen molar-refractivity contribution < 1.29 is 13.9 Å². The normalized spacial score (nSPS) is 25.5. The summed E-state index contributed by atoms with van der Waals surface area (Å²) in [5.74, 6) is 3.19. The number of hydrogen-bond acceptors (Lipinski definition) is 4. The molecule has 1 aromatic rings. The Bertz CT molecular complexity index is 658. The summed E-state index contributed by atoms with van der Waals surface area (Å²) in [6.45, 7) is 11.6. The highest BCUT2D eigenvalue weighted by molar-refractivity contribution is 5.96. The summed E-state index contributed by atoms with van der Waals surface area (Å²) in [6.07, 6.45) is 5.14. The fourth-order valence-electron chi connectivity index (χ4n) is 4.82. The summed E-state index contributed by atoms with van der Waals surface area (Å²) >= 11 is 0. The van der Waals surface area contributed by atoms with E-state index in [1.165, 1.54) is 25.8 Å². The fourth-order valence-corrected chi connectivity index (χ4v) is 4.82. The molecule has 3 aliphatic rings. The van der Waals surface area contributed by atoms with Crippen LogP contribution >= 0.6 is 0 Å². The smallest absolute Gasteiger partial charge is 0.257 e. The standard InChI is InChI=1S/C21H32N2O3/c1-4-25-12-18-7-8-23(11-17-5-6-17)21(10-18)13-22(14-21)20(24)19-9-15(2)26-16(19)3/h9,17-18H,4-8,10-14H2,1-3H3/t18-/m0/s1. The van der Waals surface area contributed by atoms with E-state index >= 15 is 0 Å². The van der Waals surface area contributed by atoms with Gasteiger partial charge in [0.1, 0.15) is 11.5 Å². The second kappa shape index (κ2) is 7.01. The lowest BCUT2D eigenvalue weighted by Gasteiger charge is -2.59. The first-order valence-electron chi connectivity index (χ1n) is 10.2. The van der Waals surface area contributed by atoms with Crippen molar-refractivity contribution in [3.8, 4) is 0 Å². The Balaban J connectivity index is 1.44. The average molecular weight is 360 g/mol. The molecule has 1 amide bonds. The number of rotatable bonds is 6. The summed E-state index contributed by atoms with van der Waals surface area (Å²) in [6, 6.07) is 1.88. The molecular formula is C21H32N2O3. The molecule has 4 rings (SSSR count). The molecular weight excluding hydrogens is 328 g/mol. The van der Waals surface area contributed by atoms with Crippen LogP contribution in [0.1, 0.15) is 54.5 Å². The second-order valence-electron chi connectivity index (χ2n) is 8.62. The minimum Gasteiger partial charge on any atom is -0.466 e. The molecule has 1 saturated carbocycles. The van der Waals surface area contributed by atoms with Crippen molar-refractivity contribution in [1.82, 2.24) is 9.80 Å². The van der Waals surface area contributed by atoms with Crippen molar-refractivity contribution in [2.75, 3.05) is 39.4 Å². The molecule has 3 heterocycles. The van der Waals surface area contributed by atoms with Gasteiger partial charge in [-0.2, -0.15) is 0 Å². The quantitative estimate of drug-likeness (QED) is 0.781. The van der Waals surface area contributed by atoms with Gasteiger partial charge in [0.05, 0.1) is 11.1 Å². The third-order valence-corrected chi connectivity index (χ3v) is 6.41. The summed E-state index contributed by atoms with van der Waals surface area (Å²) in [5.41, 5.74) is 0.901. The molecule has 26 heavy (non-hydrogen) atoms. The first-order chi connectivity index (χ1) is 12.5. The lowest BCUT2D eigenvalue weighted by molar-refractivity contribution is -0.0887. The third kappa shape index (κ3) is 3.44. The van der Waals surface area contributed by atoms with Gasteiger partial charge < -0.3 is 14.1 Å². The van der Waals surface area contributed by atoms with E-state index in [4.69, 9.17) is 9.15 Å². The molecule has 5 nitrogen and oxygen atoms in total. The van der Waals surface area contributed by atoms with Gasteiger partial charge in [-0.05, 0) is 70.9 Å². The highest BCUT2D eigenvalue weighted by atomic mass is 16.5. The Morgan fingerprint density at radius 2 is 2.04 bits per heavy atom. The molecule has 0 aromatic carbocycles. The van der Waals surface area contributed by atoms with Crippen LogP contribution in [0.15, 0.2) is 10.5 Å². The van der Waals surface area contributed by atoms with Crippen molar-refractivity contribution in [2.24, 2.45) is 11.8 Å². The van der Waals surface area contributed by atoms with Gasteiger partial charge in [-0.25, -0.2) is 0 Å². The van der Waals surface area contributed by atoms with Gasteiger partial charge in [0.15, 0.2) is 0 Å². The minimum atomic E-state index is 0.128.